The van der Waals surface area contributed by atoms with Crippen LogP contribution in [0.1, 0.15) is 37.3 Å². The van der Waals surface area contributed by atoms with E-state index in [-0.39, 0.29) is 0 Å². The zero-order valence-electron chi connectivity index (χ0n) is 12.6. The Morgan fingerprint density at radius 1 is 1.33 bits per heavy atom. The summed E-state index contributed by atoms with van der Waals surface area (Å²) < 4.78 is 28.2. The second-order valence-electron chi connectivity index (χ2n) is 5.66. The fraction of sp³-hybridized carbons (Fsp3) is 0.600. The van der Waals surface area contributed by atoms with Gasteiger partial charge in [0.2, 0.25) is 10.0 Å². The molecule has 0 saturated carbocycles. The fourth-order valence-corrected chi connectivity index (χ4v) is 5.20. The molecule has 1 fully saturated rings. The van der Waals surface area contributed by atoms with Gasteiger partial charge >= 0.3 is 0 Å². The molecule has 1 aliphatic rings. The number of benzene rings is 1. The van der Waals surface area contributed by atoms with E-state index in [0.29, 0.717) is 30.4 Å². The van der Waals surface area contributed by atoms with E-state index in [2.05, 4.69) is 22.9 Å². The summed E-state index contributed by atoms with van der Waals surface area (Å²) in [4.78, 5) is 0.382. The van der Waals surface area contributed by atoms with Crippen LogP contribution in [-0.4, -0.2) is 25.8 Å². The average Bonchev–Trinajstić information content (AvgIpc) is 2.49. The normalized spacial score (nSPS) is 18.1. The van der Waals surface area contributed by atoms with E-state index in [9.17, 15) is 8.42 Å². The Kier molecular flexibility index (Phi) is 5.46. The van der Waals surface area contributed by atoms with Crippen molar-refractivity contribution in [3.05, 3.63) is 27.7 Å². The largest absolute Gasteiger partial charge is 0.326 e. The van der Waals surface area contributed by atoms with E-state index >= 15 is 0 Å². The highest BCUT2D eigenvalue weighted by Gasteiger charge is 2.30. The Morgan fingerprint density at radius 3 is 2.48 bits per heavy atom. The Bertz CT molecular complexity index is 608. The molecule has 4 nitrogen and oxygen atoms in total. The summed E-state index contributed by atoms with van der Waals surface area (Å²) >= 11 is 3.44. The molecule has 0 bridgehead atoms. The summed E-state index contributed by atoms with van der Waals surface area (Å²) in [5.74, 6) is 0.652. The number of hydrogen-bond acceptors (Lipinski definition) is 3. The lowest BCUT2D eigenvalue weighted by molar-refractivity contribution is 0.269. The highest BCUT2D eigenvalue weighted by atomic mass is 79.9. The Hall–Kier alpha value is -0.430. The van der Waals surface area contributed by atoms with Gasteiger partial charge in [0.15, 0.2) is 0 Å². The van der Waals surface area contributed by atoms with E-state index in [1.165, 1.54) is 0 Å². The zero-order valence-corrected chi connectivity index (χ0v) is 15.0. The van der Waals surface area contributed by atoms with Crippen molar-refractivity contribution in [1.29, 1.82) is 0 Å². The summed E-state index contributed by atoms with van der Waals surface area (Å²) in [6.45, 7) is 5.56. The van der Waals surface area contributed by atoms with Crippen LogP contribution in [0.2, 0.25) is 0 Å². The maximum Gasteiger partial charge on any atom is 0.243 e. The molecular formula is C15H23BrN2O2S. The van der Waals surface area contributed by atoms with Gasteiger partial charge in [-0.15, -0.1) is 0 Å². The molecule has 0 aromatic heterocycles. The molecule has 0 radical (unpaired) electrons. The van der Waals surface area contributed by atoms with Gasteiger partial charge in [0.05, 0.1) is 4.90 Å². The molecule has 0 atom stereocenters. The number of hydrogen-bond donors (Lipinski definition) is 1. The molecular weight excluding hydrogens is 352 g/mol. The van der Waals surface area contributed by atoms with Gasteiger partial charge < -0.3 is 5.73 Å². The number of halogens is 1. The predicted molar refractivity (Wildman–Crippen MR) is 88.5 cm³/mol. The van der Waals surface area contributed by atoms with Gasteiger partial charge in [-0.25, -0.2) is 8.42 Å². The van der Waals surface area contributed by atoms with Crippen LogP contribution in [0.3, 0.4) is 0 Å². The van der Waals surface area contributed by atoms with Gasteiger partial charge in [0.25, 0.3) is 0 Å². The molecule has 1 saturated heterocycles. The molecule has 118 valence electrons. The first-order valence-corrected chi connectivity index (χ1v) is 9.62. The minimum absolute atomic E-state index is 0.333. The summed E-state index contributed by atoms with van der Waals surface area (Å²) in [6.07, 6.45) is 3.03. The lowest BCUT2D eigenvalue weighted by atomic mass is 9.96. The first kappa shape index (κ1) is 16.9. The van der Waals surface area contributed by atoms with Crippen molar-refractivity contribution in [2.75, 3.05) is 13.1 Å². The molecule has 6 heteroatoms. The second kappa shape index (κ2) is 6.77. The van der Waals surface area contributed by atoms with Gasteiger partial charge in [-0.1, -0.05) is 29.3 Å². The van der Waals surface area contributed by atoms with Crippen LogP contribution in [0.4, 0.5) is 0 Å². The van der Waals surface area contributed by atoms with Crippen LogP contribution < -0.4 is 5.73 Å². The van der Waals surface area contributed by atoms with Crippen LogP contribution >= 0.6 is 15.9 Å². The topological polar surface area (TPSA) is 63.4 Å². The molecule has 21 heavy (non-hydrogen) atoms. The second-order valence-corrected chi connectivity index (χ2v) is 8.42. The van der Waals surface area contributed by atoms with Crippen molar-refractivity contribution >= 4 is 26.0 Å². The number of rotatable bonds is 4. The van der Waals surface area contributed by atoms with Gasteiger partial charge in [-0.3, -0.25) is 0 Å². The highest BCUT2D eigenvalue weighted by molar-refractivity contribution is 9.10. The molecule has 0 aliphatic carbocycles. The minimum atomic E-state index is -3.43. The summed E-state index contributed by atoms with van der Waals surface area (Å²) in [7, 11) is -3.43. The standard InChI is InChI=1S/C15H23BrN2O2S/c1-3-12-4-6-18(7-5-12)21(19,20)15-9-13(10-17)8-14(16)11(15)2/h8-9,12H,3-7,10,17H2,1-2H3. The van der Waals surface area contributed by atoms with E-state index in [4.69, 9.17) is 5.73 Å². The molecule has 0 amide bonds. The molecule has 2 N–H and O–H groups in total. The monoisotopic (exact) mass is 374 g/mol. The van der Waals surface area contributed by atoms with Crippen molar-refractivity contribution in [2.45, 2.75) is 44.6 Å². The molecule has 0 spiro atoms. The number of nitrogens with two attached hydrogens (primary N) is 1. The lowest BCUT2D eigenvalue weighted by Gasteiger charge is -2.31. The molecule has 1 aliphatic heterocycles. The minimum Gasteiger partial charge on any atom is -0.326 e. The Morgan fingerprint density at radius 2 is 1.95 bits per heavy atom. The molecule has 2 rings (SSSR count). The van der Waals surface area contributed by atoms with Gasteiger partial charge in [-0.2, -0.15) is 4.31 Å². The van der Waals surface area contributed by atoms with Crippen LogP contribution in [0.25, 0.3) is 0 Å². The number of sulfonamides is 1. The van der Waals surface area contributed by atoms with Crippen LogP contribution in [0.15, 0.2) is 21.5 Å². The van der Waals surface area contributed by atoms with Gasteiger partial charge in [0.1, 0.15) is 0 Å². The Labute approximate surface area is 135 Å². The number of nitrogens with zero attached hydrogens (tertiary/aromatic N) is 1. The summed E-state index contributed by atoms with van der Waals surface area (Å²) in [6, 6.07) is 3.60. The summed E-state index contributed by atoms with van der Waals surface area (Å²) in [5, 5.41) is 0. The van der Waals surface area contributed by atoms with Crippen molar-refractivity contribution in [2.24, 2.45) is 11.7 Å². The Balaban J connectivity index is 2.34. The highest BCUT2D eigenvalue weighted by Crippen LogP contribution is 2.30. The van der Waals surface area contributed by atoms with Crippen molar-refractivity contribution in [3.8, 4) is 0 Å². The molecule has 1 heterocycles. The van der Waals surface area contributed by atoms with Crippen molar-refractivity contribution in [1.82, 2.24) is 4.31 Å². The molecule has 1 aromatic rings. The third-order valence-electron chi connectivity index (χ3n) is 4.36. The molecule has 1 aromatic carbocycles. The number of piperidine rings is 1. The maximum atomic E-state index is 12.9. The van der Waals surface area contributed by atoms with E-state index in [0.717, 1.165) is 34.9 Å². The third kappa shape index (κ3) is 3.50. The SMILES string of the molecule is CCC1CCN(S(=O)(=O)c2cc(CN)cc(Br)c2C)CC1. The van der Waals surface area contributed by atoms with E-state index < -0.39 is 10.0 Å². The lowest BCUT2D eigenvalue weighted by Crippen LogP contribution is -2.38. The quantitative estimate of drug-likeness (QED) is 0.880. The van der Waals surface area contributed by atoms with E-state index in [1.807, 2.05) is 13.0 Å². The average molecular weight is 375 g/mol. The third-order valence-corrected chi connectivity index (χ3v) is 7.21. The fourth-order valence-electron chi connectivity index (χ4n) is 2.79. The van der Waals surface area contributed by atoms with E-state index in [1.54, 1.807) is 10.4 Å². The summed E-state index contributed by atoms with van der Waals surface area (Å²) in [5.41, 5.74) is 7.25. The smallest absolute Gasteiger partial charge is 0.243 e. The van der Waals surface area contributed by atoms with Crippen molar-refractivity contribution in [3.63, 3.8) is 0 Å². The van der Waals surface area contributed by atoms with Crippen LogP contribution in [-0.2, 0) is 16.6 Å². The van der Waals surface area contributed by atoms with Crippen molar-refractivity contribution < 1.29 is 8.42 Å². The molecule has 0 unspecified atom stereocenters. The van der Waals surface area contributed by atoms with Crippen LogP contribution in [0.5, 0.6) is 0 Å². The zero-order chi connectivity index (χ0) is 15.6. The van der Waals surface area contributed by atoms with Gasteiger partial charge in [-0.05, 0) is 48.9 Å². The maximum absolute atomic E-state index is 12.9. The van der Waals surface area contributed by atoms with Gasteiger partial charge in [0, 0.05) is 24.1 Å². The predicted octanol–water partition coefficient (Wildman–Crippen LogP) is 3.03. The first-order chi connectivity index (χ1) is 9.90. The van der Waals surface area contributed by atoms with Crippen LogP contribution in [0, 0.1) is 12.8 Å². The first-order valence-electron chi connectivity index (χ1n) is 7.39.